The van der Waals surface area contributed by atoms with Crippen LogP contribution in [0.3, 0.4) is 0 Å². The van der Waals surface area contributed by atoms with Gasteiger partial charge in [0.1, 0.15) is 5.82 Å². The quantitative estimate of drug-likeness (QED) is 0.909. The molecule has 7 nitrogen and oxygen atoms in total. The van der Waals surface area contributed by atoms with Crippen LogP contribution in [0.2, 0.25) is 0 Å². The molecule has 9 heteroatoms. The zero-order chi connectivity index (χ0) is 15.6. The van der Waals surface area contributed by atoms with E-state index in [0.717, 1.165) is 6.07 Å². The first-order valence-electron chi connectivity index (χ1n) is 6.42. The number of benzene rings is 1. The lowest BCUT2D eigenvalue weighted by Gasteiger charge is -2.10. The summed E-state index contributed by atoms with van der Waals surface area (Å²) in [5.74, 6) is -0.377. The Morgan fingerprint density at radius 1 is 1.38 bits per heavy atom. The summed E-state index contributed by atoms with van der Waals surface area (Å²) in [5, 5.41) is 11.2. The Labute approximate surface area is 122 Å². The van der Waals surface area contributed by atoms with Crippen molar-refractivity contribution in [1.82, 2.24) is 20.2 Å². The van der Waals surface area contributed by atoms with E-state index in [2.05, 4.69) is 20.2 Å². The molecule has 0 aliphatic rings. The number of nitrogens with zero attached hydrogens (tertiary/aromatic N) is 4. The van der Waals surface area contributed by atoms with E-state index in [0.29, 0.717) is 5.82 Å². The highest BCUT2D eigenvalue weighted by Crippen LogP contribution is 2.25. The Bertz CT molecular complexity index is 742. The van der Waals surface area contributed by atoms with Gasteiger partial charge in [0, 0.05) is 0 Å². The predicted molar refractivity (Wildman–Crippen MR) is 76.7 cm³/mol. The molecule has 0 saturated carbocycles. The van der Waals surface area contributed by atoms with Crippen LogP contribution in [-0.2, 0) is 10.0 Å². The number of halogens is 1. The SMILES string of the molecule is CCS(=O)(=O)Nc1ccc(-c2nnnn2C(C)C)c(F)c1. The summed E-state index contributed by atoms with van der Waals surface area (Å²) in [4.78, 5) is 0. The van der Waals surface area contributed by atoms with E-state index >= 15 is 0 Å². The van der Waals surface area contributed by atoms with Crippen LogP contribution >= 0.6 is 0 Å². The highest BCUT2D eigenvalue weighted by molar-refractivity contribution is 7.92. The first-order chi connectivity index (χ1) is 9.84. The smallest absolute Gasteiger partial charge is 0.232 e. The zero-order valence-electron chi connectivity index (χ0n) is 11.9. The molecule has 1 aromatic heterocycles. The molecule has 0 unspecified atom stereocenters. The van der Waals surface area contributed by atoms with Crippen LogP contribution in [0.15, 0.2) is 18.2 Å². The second-order valence-corrected chi connectivity index (χ2v) is 6.75. The number of hydrogen-bond donors (Lipinski definition) is 1. The molecule has 1 N–H and O–H groups in total. The summed E-state index contributed by atoms with van der Waals surface area (Å²) < 4.78 is 40.9. The van der Waals surface area contributed by atoms with Crippen molar-refractivity contribution < 1.29 is 12.8 Å². The van der Waals surface area contributed by atoms with Crippen LogP contribution in [0.1, 0.15) is 26.8 Å². The fourth-order valence-corrected chi connectivity index (χ4v) is 2.36. The van der Waals surface area contributed by atoms with Gasteiger partial charge >= 0.3 is 0 Å². The highest BCUT2D eigenvalue weighted by Gasteiger charge is 2.16. The molecule has 0 atom stereocenters. The fraction of sp³-hybridized carbons (Fsp3) is 0.417. The Morgan fingerprint density at radius 2 is 2.10 bits per heavy atom. The third kappa shape index (κ3) is 3.35. The van der Waals surface area contributed by atoms with Gasteiger partial charge in [-0.15, -0.1) is 5.10 Å². The first kappa shape index (κ1) is 15.4. The zero-order valence-corrected chi connectivity index (χ0v) is 12.7. The van der Waals surface area contributed by atoms with Crippen molar-refractivity contribution in [1.29, 1.82) is 0 Å². The number of aromatic nitrogens is 4. The minimum atomic E-state index is -3.44. The molecular weight excluding hydrogens is 297 g/mol. The molecule has 2 rings (SSSR count). The molecule has 0 aliphatic heterocycles. The molecule has 0 bridgehead atoms. The molecule has 1 heterocycles. The van der Waals surface area contributed by atoms with Crippen molar-refractivity contribution in [3.05, 3.63) is 24.0 Å². The van der Waals surface area contributed by atoms with Gasteiger partial charge in [-0.05, 0) is 49.4 Å². The normalized spacial score (nSPS) is 11.9. The van der Waals surface area contributed by atoms with Gasteiger partial charge in [-0.1, -0.05) is 0 Å². The van der Waals surface area contributed by atoms with Gasteiger partial charge in [-0.3, -0.25) is 4.72 Å². The largest absolute Gasteiger partial charge is 0.283 e. The van der Waals surface area contributed by atoms with Gasteiger partial charge in [0.05, 0.1) is 23.0 Å². The topological polar surface area (TPSA) is 89.8 Å². The molecule has 0 saturated heterocycles. The van der Waals surface area contributed by atoms with Crippen LogP contribution < -0.4 is 4.72 Å². The third-order valence-corrected chi connectivity index (χ3v) is 4.15. The van der Waals surface area contributed by atoms with Gasteiger partial charge in [0.25, 0.3) is 0 Å². The van der Waals surface area contributed by atoms with Crippen molar-refractivity contribution in [2.75, 3.05) is 10.5 Å². The maximum Gasteiger partial charge on any atom is 0.232 e. The minimum absolute atomic E-state index is 0.0207. The summed E-state index contributed by atoms with van der Waals surface area (Å²) in [6, 6.07) is 4.02. The molecule has 21 heavy (non-hydrogen) atoms. The van der Waals surface area contributed by atoms with Crippen LogP contribution in [0.25, 0.3) is 11.4 Å². The summed E-state index contributed by atoms with van der Waals surface area (Å²) in [6.07, 6.45) is 0. The van der Waals surface area contributed by atoms with Gasteiger partial charge < -0.3 is 0 Å². The van der Waals surface area contributed by atoms with Crippen LogP contribution in [0, 0.1) is 5.82 Å². The number of hydrogen-bond acceptors (Lipinski definition) is 5. The summed E-state index contributed by atoms with van der Waals surface area (Å²) in [7, 11) is -3.44. The van der Waals surface area contributed by atoms with Crippen molar-refractivity contribution in [2.45, 2.75) is 26.8 Å². The predicted octanol–water partition coefficient (Wildman–Crippen LogP) is 1.82. The van der Waals surface area contributed by atoms with E-state index in [-0.39, 0.29) is 23.0 Å². The Hall–Kier alpha value is -2.03. The van der Waals surface area contributed by atoms with E-state index < -0.39 is 15.8 Å². The lowest BCUT2D eigenvalue weighted by atomic mass is 10.1. The monoisotopic (exact) mass is 313 g/mol. The first-order valence-corrected chi connectivity index (χ1v) is 8.07. The number of tetrazole rings is 1. The molecule has 0 fully saturated rings. The maximum atomic E-state index is 14.2. The van der Waals surface area contributed by atoms with Crippen molar-refractivity contribution in [3.63, 3.8) is 0 Å². The number of sulfonamides is 1. The Morgan fingerprint density at radius 3 is 2.67 bits per heavy atom. The van der Waals surface area contributed by atoms with Gasteiger partial charge in [-0.2, -0.15) is 0 Å². The van der Waals surface area contributed by atoms with Crippen LogP contribution in [-0.4, -0.2) is 34.4 Å². The van der Waals surface area contributed by atoms with Crippen molar-refractivity contribution in [2.24, 2.45) is 0 Å². The molecule has 0 radical (unpaired) electrons. The van der Waals surface area contributed by atoms with Gasteiger partial charge in [-0.25, -0.2) is 17.5 Å². The second-order valence-electron chi connectivity index (χ2n) is 4.74. The van der Waals surface area contributed by atoms with Crippen LogP contribution in [0.5, 0.6) is 0 Å². The number of anilines is 1. The Kier molecular flexibility index (Phi) is 4.21. The molecule has 0 aliphatic carbocycles. The van der Waals surface area contributed by atoms with E-state index in [4.69, 9.17) is 0 Å². The van der Waals surface area contributed by atoms with Crippen LogP contribution in [0.4, 0.5) is 10.1 Å². The number of rotatable bonds is 5. The van der Waals surface area contributed by atoms with E-state index in [9.17, 15) is 12.8 Å². The molecule has 0 amide bonds. The van der Waals surface area contributed by atoms with Gasteiger partial charge in [0.15, 0.2) is 5.82 Å². The maximum absolute atomic E-state index is 14.2. The molecule has 114 valence electrons. The molecule has 1 aromatic carbocycles. The average molecular weight is 313 g/mol. The summed E-state index contributed by atoms with van der Waals surface area (Å²) in [6.45, 7) is 5.26. The molecule has 0 spiro atoms. The van der Waals surface area contributed by atoms with E-state index in [1.807, 2.05) is 13.8 Å². The minimum Gasteiger partial charge on any atom is -0.283 e. The summed E-state index contributed by atoms with van der Waals surface area (Å²) >= 11 is 0. The lowest BCUT2D eigenvalue weighted by Crippen LogP contribution is -2.14. The fourth-order valence-electron chi connectivity index (χ4n) is 1.73. The third-order valence-electron chi connectivity index (χ3n) is 2.85. The second kappa shape index (κ2) is 5.76. The van der Waals surface area contributed by atoms with E-state index in [1.54, 1.807) is 0 Å². The standard InChI is InChI=1S/C12H16FN5O2S/c1-4-21(19,20)15-9-5-6-10(11(13)7-9)12-14-16-17-18(12)8(2)3/h5-8,15H,4H2,1-3H3. The van der Waals surface area contributed by atoms with Crippen molar-refractivity contribution in [3.8, 4) is 11.4 Å². The van der Waals surface area contributed by atoms with Crippen molar-refractivity contribution >= 4 is 15.7 Å². The Balaban J connectivity index is 2.38. The molecular formula is C12H16FN5O2S. The lowest BCUT2D eigenvalue weighted by molar-refractivity contribution is 0.517. The number of nitrogens with one attached hydrogen (secondary N) is 1. The average Bonchev–Trinajstić information content (AvgIpc) is 2.87. The highest BCUT2D eigenvalue weighted by atomic mass is 32.2. The van der Waals surface area contributed by atoms with E-state index in [1.165, 1.54) is 23.7 Å². The summed E-state index contributed by atoms with van der Waals surface area (Å²) in [5.41, 5.74) is 0.384. The van der Waals surface area contributed by atoms with Gasteiger partial charge in [0.2, 0.25) is 10.0 Å². The molecule has 2 aromatic rings.